The molecule has 3 aliphatic carbocycles. The first kappa shape index (κ1) is 39.3. The summed E-state index contributed by atoms with van der Waals surface area (Å²) in [5, 5.41) is 4.80. The second-order valence-corrected chi connectivity index (χ2v) is 20.1. The fourth-order valence-corrected chi connectivity index (χ4v) is 13.6. The number of benzene rings is 9. The number of nitrogens with zero attached hydrogens (tertiary/aromatic N) is 2. The standard InChI is InChI=1S/C64H46N2OS/c1-63(2)47-33-17-19-35-49(47)64(50-36-20-18-34-48(50)63)51-40-54(66(43-27-11-5-12-28-43)44-29-13-6-14-30-44)61-58(45-31-15-21-37-55(45)67-61)59(51)60-52(64)39-53(57-46-32-16-22-38-56(46)68-62(57)60)65(41-23-7-3-8-24-41)42-25-9-4-10-26-42/h3-13,15-29,31-40H,14,30H2,1-2H3. The van der Waals surface area contributed by atoms with Crippen LogP contribution in [0.2, 0.25) is 0 Å². The minimum absolute atomic E-state index is 0.267. The van der Waals surface area contributed by atoms with Gasteiger partial charge in [-0.15, -0.1) is 11.3 Å². The van der Waals surface area contributed by atoms with E-state index in [2.05, 4.69) is 242 Å². The van der Waals surface area contributed by atoms with Crippen molar-refractivity contribution >= 4 is 81.9 Å². The van der Waals surface area contributed by atoms with E-state index in [0.29, 0.717) is 0 Å². The van der Waals surface area contributed by atoms with Gasteiger partial charge in [-0.05, 0) is 113 Å². The lowest BCUT2D eigenvalue weighted by Crippen LogP contribution is -2.40. The number of hydrogen-bond acceptors (Lipinski definition) is 4. The highest BCUT2D eigenvalue weighted by atomic mass is 32.1. The van der Waals surface area contributed by atoms with Crippen LogP contribution in [-0.4, -0.2) is 0 Å². The van der Waals surface area contributed by atoms with Gasteiger partial charge in [-0.3, -0.25) is 0 Å². The molecule has 3 nitrogen and oxygen atoms in total. The van der Waals surface area contributed by atoms with Gasteiger partial charge in [-0.2, -0.15) is 0 Å². The van der Waals surface area contributed by atoms with Gasteiger partial charge in [0.2, 0.25) is 0 Å². The number of thiophene rings is 1. The maximum atomic E-state index is 7.32. The minimum atomic E-state index is -0.726. The molecule has 0 saturated carbocycles. The van der Waals surface area contributed by atoms with Crippen molar-refractivity contribution in [2.45, 2.75) is 37.5 Å². The SMILES string of the molecule is CC1(C)c2ccccc2C2(c3ccccc31)c1cc(N(c3ccccc3)c3ccccc3)c3c(sc4ccccc43)c1-c1c2cc(N(C2=CC=CCC2)c2ccccc2)c2oc3ccccc3c12. The van der Waals surface area contributed by atoms with Crippen molar-refractivity contribution in [1.82, 2.24) is 0 Å². The van der Waals surface area contributed by atoms with Crippen molar-refractivity contribution in [2.24, 2.45) is 0 Å². The molecule has 0 radical (unpaired) electrons. The molecule has 0 N–H and O–H groups in total. The van der Waals surface area contributed by atoms with Crippen molar-refractivity contribution in [3.05, 3.63) is 257 Å². The van der Waals surface area contributed by atoms with Crippen molar-refractivity contribution in [2.75, 3.05) is 9.80 Å². The molecule has 14 rings (SSSR count). The Morgan fingerprint density at radius 3 is 1.65 bits per heavy atom. The largest absolute Gasteiger partial charge is 0.454 e. The molecule has 0 saturated heterocycles. The predicted molar refractivity (Wildman–Crippen MR) is 286 cm³/mol. The van der Waals surface area contributed by atoms with Crippen LogP contribution in [0.25, 0.3) is 53.2 Å². The summed E-state index contributed by atoms with van der Waals surface area (Å²) in [4.78, 5) is 4.99. The van der Waals surface area contributed by atoms with Crippen LogP contribution in [0.4, 0.5) is 28.4 Å². The first-order valence-electron chi connectivity index (χ1n) is 23.8. The Kier molecular flexibility index (Phi) is 8.54. The highest BCUT2D eigenvalue weighted by Crippen LogP contribution is 2.68. The number of fused-ring (bicyclic) bond motifs is 17. The van der Waals surface area contributed by atoms with E-state index in [1.807, 2.05) is 11.3 Å². The Bertz CT molecular complexity index is 3810. The van der Waals surface area contributed by atoms with Crippen LogP contribution in [0.3, 0.4) is 0 Å². The number of para-hydroxylation sites is 4. The molecular formula is C64H46N2OS. The normalized spacial score (nSPS) is 15.1. The number of anilines is 5. The van der Waals surface area contributed by atoms with Gasteiger partial charge >= 0.3 is 0 Å². The van der Waals surface area contributed by atoms with E-state index in [4.69, 9.17) is 4.42 Å². The van der Waals surface area contributed by atoms with Gasteiger partial charge in [0.05, 0.1) is 16.8 Å². The fourth-order valence-electron chi connectivity index (χ4n) is 12.3. The third-order valence-corrected chi connectivity index (χ3v) is 16.3. The molecule has 4 heteroatoms. The number of hydrogen-bond donors (Lipinski definition) is 0. The average Bonchev–Trinajstić information content (AvgIpc) is 4.07. The summed E-state index contributed by atoms with van der Waals surface area (Å²) in [5.74, 6) is 0. The van der Waals surface area contributed by atoms with Gasteiger partial charge in [-0.1, -0.05) is 166 Å². The van der Waals surface area contributed by atoms with E-state index in [1.165, 1.54) is 76.1 Å². The zero-order valence-corrected chi connectivity index (χ0v) is 38.7. The zero-order valence-electron chi connectivity index (χ0n) is 37.9. The van der Waals surface area contributed by atoms with E-state index < -0.39 is 5.41 Å². The van der Waals surface area contributed by atoms with Gasteiger partial charge in [0.1, 0.15) is 5.58 Å². The van der Waals surface area contributed by atoms with Crippen LogP contribution in [0.5, 0.6) is 0 Å². The molecule has 2 aromatic heterocycles. The van der Waals surface area contributed by atoms with Crippen LogP contribution in [-0.2, 0) is 10.8 Å². The number of rotatable bonds is 6. The topological polar surface area (TPSA) is 19.6 Å². The van der Waals surface area contributed by atoms with E-state index in [1.54, 1.807) is 0 Å². The summed E-state index contributed by atoms with van der Waals surface area (Å²) in [5.41, 5.74) is 18.1. The van der Waals surface area contributed by atoms with Crippen molar-refractivity contribution in [3.8, 4) is 11.1 Å². The predicted octanol–water partition coefficient (Wildman–Crippen LogP) is 17.8. The van der Waals surface area contributed by atoms with Gasteiger partial charge in [-0.25, -0.2) is 0 Å². The second kappa shape index (κ2) is 14.8. The molecule has 9 aromatic carbocycles. The van der Waals surface area contributed by atoms with Crippen LogP contribution in [0.1, 0.15) is 60.1 Å². The van der Waals surface area contributed by atoms with Crippen molar-refractivity contribution in [3.63, 3.8) is 0 Å². The third-order valence-electron chi connectivity index (χ3n) is 15.1. The first-order valence-corrected chi connectivity index (χ1v) is 24.6. The highest BCUT2D eigenvalue weighted by Gasteiger charge is 2.55. The summed E-state index contributed by atoms with van der Waals surface area (Å²) in [7, 11) is 0. The number of allylic oxidation sites excluding steroid dienone is 4. The maximum absolute atomic E-state index is 7.32. The summed E-state index contributed by atoms with van der Waals surface area (Å²) >= 11 is 1.92. The van der Waals surface area contributed by atoms with Crippen molar-refractivity contribution in [1.29, 1.82) is 0 Å². The molecule has 0 bridgehead atoms. The maximum Gasteiger partial charge on any atom is 0.160 e. The lowest BCUT2D eigenvalue weighted by Gasteiger charge is -2.47. The second-order valence-electron chi connectivity index (χ2n) is 19.0. The van der Waals surface area contributed by atoms with E-state index in [-0.39, 0.29) is 5.41 Å². The molecular weight excluding hydrogens is 845 g/mol. The monoisotopic (exact) mass is 890 g/mol. The number of furan rings is 1. The molecule has 0 fully saturated rings. The fraction of sp³-hybridized carbons (Fsp3) is 0.0938. The summed E-state index contributed by atoms with van der Waals surface area (Å²) < 4.78 is 9.87. The van der Waals surface area contributed by atoms with Crippen molar-refractivity contribution < 1.29 is 4.42 Å². The molecule has 324 valence electrons. The molecule has 0 atom stereocenters. The Morgan fingerprint density at radius 2 is 1.01 bits per heavy atom. The Balaban J connectivity index is 1.24. The molecule has 0 aliphatic heterocycles. The van der Waals surface area contributed by atoms with Gasteiger partial charge in [0.15, 0.2) is 5.58 Å². The molecule has 68 heavy (non-hydrogen) atoms. The van der Waals surface area contributed by atoms with Crippen LogP contribution in [0, 0.1) is 0 Å². The molecule has 1 spiro atoms. The molecule has 2 heterocycles. The van der Waals surface area contributed by atoms with E-state index in [0.717, 1.165) is 57.5 Å². The van der Waals surface area contributed by atoms with E-state index >= 15 is 0 Å². The molecule has 3 aliphatic rings. The molecule has 11 aromatic rings. The minimum Gasteiger partial charge on any atom is -0.454 e. The lowest BCUT2D eigenvalue weighted by molar-refractivity contribution is 0.563. The lowest BCUT2D eigenvalue weighted by atomic mass is 9.55. The van der Waals surface area contributed by atoms with Gasteiger partial charge < -0.3 is 14.2 Å². The first-order chi connectivity index (χ1) is 33.5. The van der Waals surface area contributed by atoms with Crippen LogP contribution in [0.15, 0.2) is 229 Å². The van der Waals surface area contributed by atoms with Gasteiger partial charge in [0, 0.05) is 70.2 Å². The van der Waals surface area contributed by atoms with Crippen LogP contribution >= 0.6 is 11.3 Å². The summed E-state index contributed by atoms with van der Waals surface area (Å²) in [6.07, 6.45) is 8.68. The smallest absolute Gasteiger partial charge is 0.160 e. The highest BCUT2D eigenvalue weighted by molar-refractivity contribution is 7.26. The van der Waals surface area contributed by atoms with Crippen LogP contribution < -0.4 is 9.80 Å². The van der Waals surface area contributed by atoms with E-state index in [9.17, 15) is 0 Å². The Hall–Kier alpha value is -7.92. The third kappa shape index (κ3) is 5.35. The van der Waals surface area contributed by atoms with Gasteiger partial charge in [0.25, 0.3) is 0 Å². The summed E-state index contributed by atoms with van der Waals surface area (Å²) in [6.45, 7) is 4.83. The average molecular weight is 891 g/mol. The zero-order chi connectivity index (χ0) is 45.1. The quantitative estimate of drug-likeness (QED) is 0.166. The summed E-state index contributed by atoms with van der Waals surface area (Å²) in [6, 6.07) is 74.3. The Labute approximate surface area is 400 Å². The molecule has 0 amide bonds. The Morgan fingerprint density at radius 1 is 0.485 bits per heavy atom. The molecule has 0 unspecified atom stereocenters.